The third-order valence-corrected chi connectivity index (χ3v) is 3.76. The molecule has 2 aromatic carbocycles. The van der Waals surface area contributed by atoms with Crippen LogP contribution >= 0.6 is 0 Å². The molecule has 0 saturated heterocycles. The summed E-state index contributed by atoms with van der Waals surface area (Å²) in [7, 11) is 0. The molecule has 0 aliphatic carbocycles. The molecule has 2 nitrogen and oxygen atoms in total. The Morgan fingerprint density at radius 2 is 1.62 bits per heavy atom. The van der Waals surface area contributed by atoms with Gasteiger partial charge < -0.3 is 4.98 Å². The van der Waals surface area contributed by atoms with Crippen LogP contribution < -0.4 is 0 Å². The standard InChI is InChI=1S/C19H14N2/c1-4-14(16-6-3-10-20-13-16)12-15(5-1)17-7-2-8-19-18(17)9-11-21-19/h1-13,21H. The maximum absolute atomic E-state index is 4.20. The van der Waals surface area contributed by atoms with Crippen LogP contribution in [0.4, 0.5) is 0 Å². The third kappa shape index (κ3) is 2.11. The number of fused-ring (bicyclic) bond motifs is 1. The molecular weight excluding hydrogens is 256 g/mol. The van der Waals surface area contributed by atoms with Gasteiger partial charge in [-0.05, 0) is 41.0 Å². The largest absolute Gasteiger partial charge is 0.361 e. The molecule has 4 rings (SSSR count). The van der Waals surface area contributed by atoms with Crippen molar-refractivity contribution in [3.8, 4) is 22.3 Å². The molecule has 0 fully saturated rings. The second-order valence-electron chi connectivity index (χ2n) is 5.07. The molecular formula is C19H14N2. The van der Waals surface area contributed by atoms with Gasteiger partial charge in [-0.2, -0.15) is 0 Å². The molecule has 0 saturated carbocycles. The number of aromatic nitrogens is 2. The van der Waals surface area contributed by atoms with Crippen molar-refractivity contribution in [1.29, 1.82) is 0 Å². The van der Waals surface area contributed by atoms with E-state index in [0.29, 0.717) is 0 Å². The Hall–Kier alpha value is -2.87. The second kappa shape index (κ2) is 4.91. The van der Waals surface area contributed by atoms with Crippen molar-refractivity contribution in [2.45, 2.75) is 0 Å². The lowest BCUT2D eigenvalue weighted by molar-refractivity contribution is 1.33. The zero-order chi connectivity index (χ0) is 14.1. The van der Waals surface area contributed by atoms with E-state index in [0.717, 1.165) is 5.56 Å². The van der Waals surface area contributed by atoms with Crippen LogP contribution in [-0.2, 0) is 0 Å². The van der Waals surface area contributed by atoms with Crippen LogP contribution in [0.1, 0.15) is 0 Å². The van der Waals surface area contributed by atoms with Crippen LogP contribution in [0, 0.1) is 0 Å². The molecule has 2 heteroatoms. The highest BCUT2D eigenvalue weighted by Gasteiger charge is 2.05. The summed E-state index contributed by atoms with van der Waals surface area (Å²) in [5.41, 5.74) is 5.97. The average molecular weight is 270 g/mol. The first-order valence-electron chi connectivity index (χ1n) is 6.99. The maximum Gasteiger partial charge on any atom is 0.0460 e. The molecule has 0 atom stereocenters. The predicted octanol–water partition coefficient (Wildman–Crippen LogP) is 4.90. The summed E-state index contributed by atoms with van der Waals surface area (Å²) in [6.45, 7) is 0. The Kier molecular flexibility index (Phi) is 2.79. The zero-order valence-corrected chi connectivity index (χ0v) is 11.5. The summed E-state index contributed by atoms with van der Waals surface area (Å²) in [6, 6.07) is 21.1. The number of benzene rings is 2. The Labute approximate surface area is 123 Å². The molecule has 0 aliphatic heterocycles. The highest BCUT2D eigenvalue weighted by molar-refractivity contribution is 5.95. The van der Waals surface area contributed by atoms with Crippen LogP contribution in [0.3, 0.4) is 0 Å². The van der Waals surface area contributed by atoms with E-state index in [1.54, 1.807) is 6.20 Å². The first-order valence-corrected chi connectivity index (χ1v) is 6.99. The minimum atomic E-state index is 1.14. The van der Waals surface area contributed by atoms with E-state index < -0.39 is 0 Å². The molecule has 4 aromatic rings. The van der Waals surface area contributed by atoms with Gasteiger partial charge in [0.25, 0.3) is 0 Å². The van der Waals surface area contributed by atoms with E-state index in [1.807, 2.05) is 18.5 Å². The summed E-state index contributed by atoms with van der Waals surface area (Å²) in [5.74, 6) is 0. The quantitative estimate of drug-likeness (QED) is 0.551. The Morgan fingerprint density at radius 1 is 0.762 bits per heavy atom. The van der Waals surface area contributed by atoms with Crippen LogP contribution in [-0.4, -0.2) is 9.97 Å². The molecule has 0 amide bonds. The molecule has 1 N–H and O–H groups in total. The van der Waals surface area contributed by atoms with Crippen molar-refractivity contribution < 1.29 is 0 Å². The fraction of sp³-hybridized carbons (Fsp3) is 0. The van der Waals surface area contributed by atoms with Gasteiger partial charge in [0.2, 0.25) is 0 Å². The SMILES string of the molecule is c1cncc(-c2cccc(-c3cccc4[nH]ccc34)c2)c1. The van der Waals surface area contributed by atoms with E-state index in [1.165, 1.54) is 27.6 Å². The van der Waals surface area contributed by atoms with Gasteiger partial charge in [0, 0.05) is 35.1 Å². The minimum Gasteiger partial charge on any atom is -0.361 e. The summed E-state index contributed by atoms with van der Waals surface area (Å²) in [5, 5.41) is 1.25. The van der Waals surface area contributed by atoms with E-state index in [9.17, 15) is 0 Å². The van der Waals surface area contributed by atoms with Gasteiger partial charge in [-0.3, -0.25) is 4.98 Å². The lowest BCUT2D eigenvalue weighted by Crippen LogP contribution is -1.83. The second-order valence-corrected chi connectivity index (χ2v) is 5.07. The van der Waals surface area contributed by atoms with E-state index in [2.05, 4.69) is 64.6 Å². The Balaban J connectivity index is 1.88. The molecule has 2 heterocycles. The van der Waals surface area contributed by atoms with Crippen LogP contribution in [0.5, 0.6) is 0 Å². The van der Waals surface area contributed by atoms with Gasteiger partial charge >= 0.3 is 0 Å². The first kappa shape index (κ1) is 11.9. The summed E-state index contributed by atoms with van der Waals surface area (Å²) < 4.78 is 0. The average Bonchev–Trinajstić information content (AvgIpc) is 3.04. The van der Waals surface area contributed by atoms with Crippen molar-refractivity contribution in [2.24, 2.45) is 0 Å². The van der Waals surface area contributed by atoms with Crippen molar-refractivity contribution in [3.05, 3.63) is 79.3 Å². The normalized spacial score (nSPS) is 10.9. The topological polar surface area (TPSA) is 28.7 Å². The van der Waals surface area contributed by atoms with Crippen molar-refractivity contribution in [2.75, 3.05) is 0 Å². The van der Waals surface area contributed by atoms with Crippen molar-refractivity contribution in [3.63, 3.8) is 0 Å². The number of H-pyrrole nitrogens is 1. The zero-order valence-electron chi connectivity index (χ0n) is 11.5. The Bertz CT molecular complexity index is 892. The number of hydrogen-bond donors (Lipinski definition) is 1. The molecule has 0 spiro atoms. The lowest BCUT2D eigenvalue weighted by Gasteiger charge is -2.07. The molecule has 100 valence electrons. The van der Waals surface area contributed by atoms with E-state index in [4.69, 9.17) is 0 Å². The number of rotatable bonds is 2. The molecule has 0 aliphatic rings. The van der Waals surface area contributed by atoms with Crippen molar-refractivity contribution in [1.82, 2.24) is 9.97 Å². The molecule has 0 bridgehead atoms. The van der Waals surface area contributed by atoms with Gasteiger partial charge in [0.05, 0.1) is 0 Å². The number of aromatic amines is 1. The molecule has 0 radical (unpaired) electrons. The number of nitrogens with zero attached hydrogens (tertiary/aromatic N) is 1. The first-order chi connectivity index (χ1) is 10.4. The van der Waals surface area contributed by atoms with Gasteiger partial charge in [-0.25, -0.2) is 0 Å². The Morgan fingerprint density at radius 3 is 2.52 bits per heavy atom. The molecule has 21 heavy (non-hydrogen) atoms. The number of hydrogen-bond acceptors (Lipinski definition) is 1. The van der Waals surface area contributed by atoms with Gasteiger partial charge in [0.1, 0.15) is 0 Å². The summed E-state index contributed by atoms with van der Waals surface area (Å²) >= 11 is 0. The maximum atomic E-state index is 4.20. The van der Waals surface area contributed by atoms with Crippen LogP contribution in [0.2, 0.25) is 0 Å². The highest BCUT2D eigenvalue weighted by atomic mass is 14.7. The van der Waals surface area contributed by atoms with E-state index in [-0.39, 0.29) is 0 Å². The van der Waals surface area contributed by atoms with Gasteiger partial charge in [0.15, 0.2) is 0 Å². The van der Waals surface area contributed by atoms with Gasteiger partial charge in [-0.1, -0.05) is 36.4 Å². The van der Waals surface area contributed by atoms with E-state index >= 15 is 0 Å². The number of pyridine rings is 1. The minimum absolute atomic E-state index is 1.14. The third-order valence-electron chi connectivity index (χ3n) is 3.76. The fourth-order valence-electron chi connectivity index (χ4n) is 2.74. The van der Waals surface area contributed by atoms with Crippen molar-refractivity contribution >= 4 is 10.9 Å². The smallest absolute Gasteiger partial charge is 0.0460 e. The molecule has 0 unspecified atom stereocenters. The predicted molar refractivity (Wildman–Crippen MR) is 87.0 cm³/mol. The van der Waals surface area contributed by atoms with Crippen LogP contribution in [0.15, 0.2) is 79.3 Å². The summed E-state index contributed by atoms with van der Waals surface area (Å²) in [4.78, 5) is 7.47. The van der Waals surface area contributed by atoms with Crippen LogP contribution in [0.25, 0.3) is 33.2 Å². The monoisotopic (exact) mass is 270 g/mol. The molecule has 2 aromatic heterocycles. The summed E-state index contributed by atoms with van der Waals surface area (Å²) in [6.07, 6.45) is 5.68. The fourth-order valence-corrected chi connectivity index (χ4v) is 2.74. The lowest BCUT2D eigenvalue weighted by atomic mass is 9.98. The highest BCUT2D eigenvalue weighted by Crippen LogP contribution is 2.30. The van der Waals surface area contributed by atoms with Gasteiger partial charge in [-0.15, -0.1) is 0 Å². The number of nitrogens with one attached hydrogen (secondary N) is 1.